The molecule has 0 saturated heterocycles. The summed E-state index contributed by atoms with van der Waals surface area (Å²) in [7, 11) is 0. The van der Waals surface area contributed by atoms with E-state index in [1.54, 1.807) is 6.20 Å². The van der Waals surface area contributed by atoms with Crippen molar-refractivity contribution in [2.75, 3.05) is 6.54 Å². The molecule has 0 aliphatic rings. The van der Waals surface area contributed by atoms with Gasteiger partial charge in [0, 0.05) is 24.9 Å². The van der Waals surface area contributed by atoms with E-state index in [1.807, 2.05) is 12.3 Å². The number of hydrogen-bond donors (Lipinski definition) is 1. The summed E-state index contributed by atoms with van der Waals surface area (Å²) in [5.74, 6) is 0.244. The fourth-order valence-corrected chi connectivity index (χ4v) is 2.34. The molecule has 0 spiro atoms. The molecule has 2 rings (SSSR count). The van der Waals surface area contributed by atoms with Crippen LogP contribution in [0.15, 0.2) is 48.8 Å². The Labute approximate surface area is 115 Å². The van der Waals surface area contributed by atoms with E-state index in [1.165, 1.54) is 29.5 Å². The lowest BCUT2D eigenvalue weighted by molar-refractivity contribution is 0.789. The maximum atomic E-state index is 5.93. The van der Waals surface area contributed by atoms with Crippen molar-refractivity contribution in [2.24, 2.45) is 5.73 Å². The SMILES string of the molecule is CCCCc1ccc(C(CN)c2cccnc2)cc1. The molecule has 0 fully saturated rings. The van der Waals surface area contributed by atoms with Crippen LogP contribution in [-0.4, -0.2) is 11.5 Å². The molecule has 2 nitrogen and oxygen atoms in total. The molecule has 0 aliphatic carbocycles. The lowest BCUT2D eigenvalue weighted by Gasteiger charge is -2.15. The Hall–Kier alpha value is -1.67. The third kappa shape index (κ3) is 3.65. The van der Waals surface area contributed by atoms with Crippen LogP contribution in [0, 0.1) is 0 Å². The first-order valence-electron chi connectivity index (χ1n) is 7.04. The standard InChI is InChI=1S/C17H22N2/c1-2-3-5-14-7-9-15(10-8-14)17(12-18)16-6-4-11-19-13-16/h4,6-11,13,17H,2-3,5,12,18H2,1H3. The summed E-state index contributed by atoms with van der Waals surface area (Å²) < 4.78 is 0. The Bertz CT molecular complexity index is 476. The van der Waals surface area contributed by atoms with Crippen LogP contribution in [0.1, 0.15) is 42.4 Å². The number of nitrogens with zero attached hydrogens (tertiary/aromatic N) is 1. The molecule has 1 aromatic heterocycles. The Morgan fingerprint density at radius 3 is 2.47 bits per heavy atom. The lowest BCUT2D eigenvalue weighted by atomic mass is 9.91. The number of rotatable bonds is 6. The first kappa shape index (κ1) is 13.8. The molecule has 100 valence electrons. The average Bonchev–Trinajstić information content (AvgIpc) is 2.48. The van der Waals surface area contributed by atoms with Crippen LogP contribution < -0.4 is 5.73 Å². The minimum absolute atomic E-state index is 0.244. The van der Waals surface area contributed by atoms with E-state index < -0.39 is 0 Å². The monoisotopic (exact) mass is 254 g/mol. The molecule has 1 heterocycles. The van der Waals surface area contributed by atoms with Gasteiger partial charge in [-0.15, -0.1) is 0 Å². The highest BCUT2D eigenvalue weighted by Gasteiger charge is 2.12. The minimum atomic E-state index is 0.244. The van der Waals surface area contributed by atoms with Crippen LogP contribution in [-0.2, 0) is 6.42 Å². The van der Waals surface area contributed by atoms with Crippen molar-refractivity contribution >= 4 is 0 Å². The fraction of sp³-hybridized carbons (Fsp3) is 0.353. The van der Waals surface area contributed by atoms with Crippen molar-refractivity contribution in [1.82, 2.24) is 4.98 Å². The largest absolute Gasteiger partial charge is 0.330 e. The molecule has 19 heavy (non-hydrogen) atoms. The molecule has 0 radical (unpaired) electrons. The van der Waals surface area contributed by atoms with Crippen LogP contribution in [0.3, 0.4) is 0 Å². The van der Waals surface area contributed by atoms with Gasteiger partial charge in [0.25, 0.3) is 0 Å². The number of aromatic nitrogens is 1. The topological polar surface area (TPSA) is 38.9 Å². The van der Waals surface area contributed by atoms with Crippen molar-refractivity contribution in [3.05, 3.63) is 65.5 Å². The van der Waals surface area contributed by atoms with Gasteiger partial charge in [-0.05, 0) is 35.6 Å². The van der Waals surface area contributed by atoms with E-state index >= 15 is 0 Å². The molecule has 1 atom stereocenters. The third-order valence-corrected chi connectivity index (χ3v) is 3.52. The first-order valence-corrected chi connectivity index (χ1v) is 7.04. The first-order chi connectivity index (χ1) is 9.35. The Morgan fingerprint density at radius 1 is 1.11 bits per heavy atom. The number of unbranched alkanes of at least 4 members (excludes halogenated alkanes) is 1. The summed E-state index contributed by atoms with van der Waals surface area (Å²) in [5, 5.41) is 0. The summed E-state index contributed by atoms with van der Waals surface area (Å²) >= 11 is 0. The van der Waals surface area contributed by atoms with Gasteiger partial charge in [0.05, 0.1) is 0 Å². The molecule has 2 N–H and O–H groups in total. The van der Waals surface area contributed by atoms with Crippen molar-refractivity contribution in [2.45, 2.75) is 32.1 Å². The summed E-state index contributed by atoms with van der Waals surface area (Å²) in [4.78, 5) is 4.18. The zero-order valence-electron chi connectivity index (χ0n) is 11.5. The molecular formula is C17H22N2. The van der Waals surface area contributed by atoms with Crippen molar-refractivity contribution in [1.29, 1.82) is 0 Å². The van der Waals surface area contributed by atoms with E-state index in [0.717, 1.165) is 6.42 Å². The number of nitrogens with two attached hydrogens (primary N) is 1. The molecule has 0 bridgehead atoms. The Kier molecular flexibility index (Phi) is 5.10. The van der Waals surface area contributed by atoms with Gasteiger partial charge < -0.3 is 5.73 Å². The van der Waals surface area contributed by atoms with Crippen molar-refractivity contribution < 1.29 is 0 Å². The smallest absolute Gasteiger partial charge is 0.0306 e. The van der Waals surface area contributed by atoms with Gasteiger partial charge in [0.2, 0.25) is 0 Å². The third-order valence-electron chi connectivity index (χ3n) is 3.52. The number of pyridine rings is 1. The van der Waals surface area contributed by atoms with Crippen LogP contribution in [0.4, 0.5) is 0 Å². The number of aryl methyl sites for hydroxylation is 1. The summed E-state index contributed by atoms with van der Waals surface area (Å²) in [6, 6.07) is 12.9. The average molecular weight is 254 g/mol. The summed E-state index contributed by atoms with van der Waals surface area (Å²) in [6.07, 6.45) is 7.36. The highest BCUT2D eigenvalue weighted by molar-refractivity contribution is 5.33. The normalized spacial score (nSPS) is 12.3. The van der Waals surface area contributed by atoms with Gasteiger partial charge in [-0.1, -0.05) is 43.7 Å². The maximum Gasteiger partial charge on any atom is 0.0306 e. The molecule has 0 amide bonds. The highest BCUT2D eigenvalue weighted by atomic mass is 14.6. The molecule has 2 heteroatoms. The van der Waals surface area contributed by atoms with Gasteiger partial charge in [0.1, 0.15) is 0 Å². The van der Waals surface area contributed by atoms with Gasteiger partial charge >= 0.3 is 0 Å². The second-order valence-corrected chi connectivity index (χ2v) is 4.92. The lowest BCUT2D eigenvalue weighted by Crippen LogP contribution is -2.14. The zero-order chi connectivity index (χ0) is 13.5. The maximum absolute atomic E-state index is 5.93. The quantitative estimate of drug-likeness (QED) is 0.856. The van der Waals surface area contributed by atoms with E-state index in [9.17, 15) is 0 Å². The highest BCUT2D eigenvalue weighted by Crippen LogP contribution is 2.23. The van der Waals surface area contributed by atoms with Crippen LogP contribution in [0.5, 0.6) is 0 Å². The van der Waals surface area contributed by atoms with E-state index in [4.69, 9.17) is 5.73 Å². The number of hydrogen-bond acceptors (Lipinski definition) is 2. The van der Waals surface area contributed by atoms with Crippen molar-refractivity contribution in [3.63, 3.8) is 0 Å². The second-order valence-electron chi connectivity index (χ2n) is 4.92. The predicted octanol–water partition coefficient (Wildman–Crippen LogP) is 3.51. The van der Waals surface area contributed by atoms with E-state index in [-0.39, 0.29) is 5.92 Å². The predicted molar refractivity (Wildman–Crippen MR) is 80.2 cm³/mol. The second kappa shape index (κ2) is 7.05. The van der Waals surface area contributed by atoms with Crippen LogP contribution in [0.25, 0.3) is 0 Å². The zero-order valence-corrected chi connectivity index (χ0v) is 11.5. The minimum Gasteiger partial charge on any atom is -0.330 e. The molecule has 0 saturated carbocycles. The summed E-state index contributed by atoms with van der Waals surface area (Å²) in [5.41, 5.74) is 9.80. The Morgan fingerprint density at radius 2 is 1.89 bits per heavy atom. The van der Waals surface area contributed by atoms with Gasteiger partial charge in [0.15, 0.2) is 0 Å². The fourth-order valence-electron chi connectivity index (χ4n) is 2.34. The van der Waals surface area contributed by atoms with Gasteiger partial charge in [-0.2, -0.15) is 0 Å². The molecule has 0 aliphatic heterocycles. The Balaban J connectivity index is 2.15. The molecule has 1 unspecified atom stereocenters. The molecule has 2 aromatic rings. The summed E-state index contributed by atoms with van der Waals surface area (Å²) in [6.45, 7) is 2.83. The van der Waals surface area contributed by atoms with Crippen LogP contribution in [0.2, 0.25) is 0 Å². The van der Waals surface area contributed by atoms with Gasteiger partial charge in [-0.3, -0.25) is 4.98 Å². The molecule has 1 aromatic carbocycles. The molecular weight excluding hydrogens is 232 g/mol. The van der Waals surface area contributed by atoms with Gasteiger partial charge in [-0.25, -0.2) is 0 Å². The van der Waals surface area contributed by atoms with E-state index in [0.29, 0.717) is 6.54 Å². The number of benzene rings is 1. The van der Waals surface area contributed by atoms with E-state index in [2.05, 4.69) is 42.2 Å². The van der Waals surface area contributed by atoms with Crippen molar-refractivity contribution in [3.8, 4) is 0 Å². The van der Waals surface area contributed by atoms with Crippen LogP contribution >= 0.6 is 0 Å².